The Morgan fingerprint density at radius 2 is 1.89 bits per heavy atom. The minimum atomic E-state index is -0.268. The number of hydrogen-bond acceptors (Lipinski definition) is 3. The van der Waals surface area contributed by atoms with Crippen LogP contribution in [0.2, 0.25) is 0 Å². The van der Waals surface area contributed by atoms with E-state index in [9.17, 15) is 9.90 Å². The number of nitrogen functional groups attached to an aromatic ring is 1. The molecule has 2 rings (SSSR count). The van der Waals surface area contributed by atoms with Crippen LogP contribution in [0.15, 0.2) is 42.5 Å². The van der Waals surface area contributed by atoms with E-state index < -0.39 is 0 Å². The van der Waals surface area contributed by atoms with Crippen molar-refractivity contribution < 1.29 is 9.90 Å². The van der Waals surface area contributed by atoms with E-state index in [0.717, 1.165) is 5.56 Å². The van der Waals surface area contributed by atoms with Crippen molar-refractivity contribution in [1.29, 1.82) is 0 Å². The third-order valence-corrected chi connectivity index (χ3v) is 2.67. The lowest BCUT2D eigenvalue weighted by atomic mass is 10.1. The number of hydrogen-bond donors (Lipinski definition) is 3. The number of nitrogens with two attached hydrogens (primary N) is 1. The number of amides is 1. The summed E-state index contributed by atoms with van der Waals surface area (Å²) in [6, 6.07) is 11.9. The Morgan fingerprint density at radius 1 is 1.22 bits per heavy atom. The van der Waals surface area contributed by atoms with E-state index in [1.165, 1.54) is 6.07 Å². The molecule has 4 nitrogen and oxygen atoms in total. The molecular formula is C14H14N2O2. The van der Waals surface area contributed by atoms with Crippen molar-refractivity contribution in [2.24, 2.45) is 0 Å². The Balaban J connectivity index is 2.25. The maximum atomic E-state index is 11.9. The van der Waals surface area contributed by atoms with Crippen molar-refractivity contribution in [3.8, 4) is 5.75 Å². The van der Waals surface area contributed by atoms with Crippen molar-refractivity contribution >= 4 is 17.3 Å². The highest BCUT2D eigenvalue weighted by Gasteiger charge is 2.09. The summed E-state index contributed by atoms with van der Waals surface area (Å²) >= 11 is 0. The van der Waals surface area contributed by atoms with Crippen molar-refractivity contribution in [3.63, 3.8) is 0 Å². The third kappa shape index (κ3) is 2.43. The molecule has 0 atom stereocenters. The quantitative estimate of drug-likeness (QED) is 0.559. The molecule has 0 unspecified atom stereocenters. The van der Waals surface area contributed by atoms with E-state index in [1.54, 1.807) is 30.3 Å². The summed E-state index contributed by atoms with van der Waals surface area (Å²) in [6.07, 6.45) is 0. The van der Waals surface area contributed by atoms with Crippen molar-refractivity contribution in [3.05, 3.63) is 53.6 Å². The largest absolute Gasteiger partial charge is 0.506 e. The number of rotatable bonds is 2. The zero-order valence-corrected chi connectivity index (χ0v) is 9.97. The van der Waals surface area contributed by atoms with Gasteiger partial charge >= 0.3 is 0 Å². The fourth-order valence-corrected chi connectivity index (χ4v) is 1.60. The van der Waals surface area contributed by atoms with Gasteiger partial charge in [-0.2, -0.15) is 0 Å². The monoisotopic (exact) mass is 242 g/mol. The van der Waals surface area contributed by atoms with Gasteiger partial charge < -0.3 is 16.2 Å². The first-order chi connectivity index (χ1) is 8.58. The maximum absolute atomic E-state index is 11.9. The molecule has 2 aromatic carbocycles. The highest BCUT2D eigenvalue weighted by Crippen LogP contribution is 2.28. The topological polar surface area (TPSA) is 75.3 Å². The number of carbonyl (C=O) groups is 1. The fraction of sp³-hybridized carbons (Fsp3) is 0.0714. The predicted octanol–water partition coefficient (Wildman–Crippen LogP) is 2.54. The van der Waals surface area contributed by atoms with Crippen LogP contribution in [0.25, 0.3) is 0 Å². The van der Waals surface area contributed by atoms with Crippen LogP contribution in [0.3, 0.4) is 0 Å². The van der Waals surface area contributed by atoms with Crippen LogP contribution in [-0.4, -0.2) is 11.0 Å². The molecule has 0 spiro atoms. The molecule has 1 amide bonds. The molecule has 0 aliphatic heterocycles. The number of anilines is 2. The minimum absolute atomic E-state index is 0.0395. The van der Waals surface area contributed by atoms with Crippen LogP contribution < -0.4 is 11.1 Å². The summed E-state index contributed by atoms with van der Waals surface area (Å²) in [6.45, 7) is 1.81. The standard InChI is InChI=1S/C14H14N2O2/c1-9-7-12(13(17)8-11(9)15)16-14(18)10-5-3-2-4-6-10/h2-8,17H,15H2,1H3,(H,16,18). The summed E-state index contributed by atoms with van der Waals surface area (Å²) in [4.78, 5) is 11.9. The lowest BCUT2D eigenvalue weighted by molar-refractivity contribution is 0.102. The molecular weight excluding hydrogens is 228 g/mol. The Kier molecular flexibility index (Phi) is 3.19. The van der Waals surface area contributed by atoms with Crippen molar-refractivity contribution in [2.75, 3.05) is 11.1 Å². The van der Waals surface area contributed by atoms with Gasteiger partial charge in [0.1, 0.15) is 5.75 Å². The SMILES string of the molecule is Cc1cc(NC(=O)c2ccccc2)c(O)cc1N. The summed E-state index contributed by atoms with van der Waals surface area (Å²) in [5, 5.41) is 12.4. The molecule has 92 valence electrons. The van der Waals surface area contributed by atoms with E-state index in [2.05, 4.69) is 5.32 Å². The van der Waals surface area contributed by atoms with E-state index in [4.69, 9.17) is 5.73 Å². The number of benzene rings is 2. The zero-order chi connectivity index (χ0) is 13.1. The van der Waals surface area contributed by atoms with Gasteiger partial charge in [-0.1, -0.05) is 18.2 Å². The smallest absolute Gasteiger partial charge is 0.255 e. The second-order valence-electron chi connectivity index (χ2n) is 4.05. The summed E-state index contributed by atoms with van der Waals surface area (Å²) in [7, 11) is 0. The van der Waals surface area contributed by atoms with Gasteiger partial charge in [0, 0.05) is 17.3 Å². The Hall–Kier alpha value is -2.49. The Bertz CT molecular complexity index is 580. The summed E-state index contributed by atoms with van der Waals surface area (Å²) in [5.74, 6) is -0.308. The molecule has 0 fully saturated rings. The van der Waals surface area contributed by atoms with E-state index >= 15 is 0 Å². The van der Waals surface area contributed by atoms with Gasteiger partial charge in [-0.25, -0.2) is 0 Å². The second kappa shape index (κ2) is 4.79. The number of aryl methyl sites for hydroxylation is 1. The van der Waals surface area contributed by atoms with Gasteiger partial charge in [0.15, 0.2) is 0 Å². The van der Waals surface area contributed by atoms with Crippen LogP contribution in [0.5, 0.6) is 5.75 Å². The molecule has 0 radical (unpaired) electrons. The molecule has 2 aromatic rings. The van der Waals surface area contributed by atoms with Crippen LogP contribution in [0.1, 0.15) is 15.9 Å². The van der Waals surface area contributed by atoms with Crippen LogP contribution in [0.4, 0.5) is 11.4 Å². The lowest BCUT2D eigenvalue weighted by Crippen LogP contribution is -2.12. The van der Waals surface area contributed by atoms with E-state index in [1.807, 2.05) is 13.0 Å². The first-order valence-corrected chi connectivity index (χ1v) is 5.53. The van der Waals surface area contributed by atoms with Gasteiger partial charge in [0.2, 0.25) is 0 Å². The average Bonchev–Trinajstić information content (AvgIpc) is 2.37. The van der Waals surface area contributed by atoms with Crippen molar-refractivity contribution in [1.82, 2.24) is 0 Å². The molecule has 4 heteroatoms. The lowest BCUT2D eigenvalue weighted by Gasteiger charge is -2.10. The van der Waals surface area contributed by atoms with Gasteiger partial charge in [-0.15, -0.1) is 0 Å². The van der Waals surface area contributed by atoms with Gasteiger partial charge in [-0.05, 0) is 30.7 Å². The van der Waals surface area contributed by atoms with E-state index in [-0.39, 0.29) is 11.7 Å². The number of phenolic OH excluding ortho intramolecular Hbond substituents is 1. The first kappa shape index (κ1) is 12.0. The fourth-order valence-electron chi connectivity index (χ4n) is 1.60. The molecule has 0 saturated heterocycles. The second-order valence-corrected chi connectivity index (χ2v) is 4.05. The summed E-state index contributed by atoms with van der Waals surface area (Å²) < 4.78 is 0. The van der Waals surface area contributed by atoms with Crippen molar-refractivity contribution in [2.45, 2.75) is 6.92 Å². The van der Waals surface area contributed by atoms with Crippen LogP contribution >= 0.6 is 0 Å². The normalized spacial score (nSPS) is 10.1. The molecule has 0 aliphatic carbocycles. The summed E-state index contributed by atoms with van der Waals surface area (Å²) in [5.41, 5.74) is 7.84. The first-order valence-electron chi connectivity index (χ1n) is 5.53. The van der Waals surface area contributed by atoms with Gasteiger partial charge in [0.05, 0.1) is 5.69 Å². The number of phenols is 1. The van der Waals surface area contributed by atoms with Crippen LogP contribution in [0, 0.1) is 6.92 Å². The molecule has 0 aliphatic rings. The molecule has 18 heavy (non-hydrogen) atoms. The predicted molar refractivity (Wildman–Crippen MR) is 71.7 cm³/mol. The maximum Gasteiger partial charge on any atom is 0.255 e. The molecule has 0 heterocycles. The minimum Gasteiger partial charge on any atom is -0.506 e. The zero-order valence-electron chi connectivity index (χ0n) is 9.97. The number of nitrogens with one attached hydrogen (secondary N) is 1. The molecule has 0 saturated carbocycles. The highest BCUT2D eigenvalue weighted by molar-refractivity contribution is 6.05. The molecule has 4 N–H and O–H groups in total. The Morgan fingerprint density at radius 3 is 2.56 bits per heavy atom. The number of carbonyl (C=O) groups excluding carboxylic acids is 1. The molecule has 0 bridgehead atoms. The van der Waals surface area contributed by atoms with Gasteiger partial charge in [0.25, 0.3) is 5.91 Å². The Labute approximate surface area is 105 Å². The third-order valence-electron chi connectivity index (χ3n) is 2.67. The van der Waals surface area contributed by atoms with E-state index in [0.29, 0.717) is 16.9 Å². The van der Waals surface area contributed by atoms with Gasteiger partial charge in [-0.3, -0.25) is 4.79 Å². The number of aromatic hydroxyl groups is 1. The average molecular weight is 242 g/mol. The highest BCUT2D eigenvalue weighted by atomic mass is 16.3. The molecule has 0 aromatic heterocycles. The van der Waals surface area contributed by atoms with Crippen LogP contribution in [-0.2, 0) is 0 Å².